The predicted molar refractivity (Wildman–Crippen MR) is 347 cm³/mol. The van der Waals surface area contributed by atoms with Crippen LogP contribution in [-0.4, -0.2) is 70.0 Å². The van der Waals surface area contributed by atoms with Crippen molar-refractivity contribution >= 4 is 19.8 Å². The van der Waals surface area contributed by atoms with Crippen LogP contribution in [0, 0.1) is 0 Å². The SMILES string of the molecule is CCCCCC/C=C\C/C=C\CCCCCCCCCC(=O)OC(COC(=O)CCCCCCCCCCCCCCCCCCCCCCCCCCCCCCCCCCCCCCCCC)COP(=O)([O-])OCC[N+](C)(C)C. The highest BCUT2D eigenvalue weighted by Gasteiger charge is 2.22. The molecule has 0 aliphatic heterocycles. The molecule has 2 atom stereocenters. The molecule has 0 aliphatic rings. The van der Waals surface area contributed by atoms with E-state index in [0.29, 0.717) is 17.4 Å². The molecule has 0 fully saturated rings. The molecule has 9 nitrogen and oxygen atoms in total. The van der Waals surface area contributed by atoms with E-state index >= 15 is 0 Å². The standard InChI is InChI=1S/C71H138NO8P/c1-6-8-10-12-14-16-18-20-22-24-26-27-28-29-30-31-32-33-34-35-36-37-38-39-40-41-42-43-44-45-46-48-49-51-53-55-57-59-61-63-70(73)77-67-69(68-79-81(75,76)78-66-65-72(3,4)5)80-71(74)64-62-60-58-56-54-52-50-47-25-23-21-19-17-15-13-11-9-7-2/h17,19,23,25,69H,6-16,18,20-22,24,26-68H2,1-5H3/b19-17-,25-23-. The van der Waals surface area contributed by atoms with E-state index in [-0.39, 0.29) is 32.0 Å². The zero-order valence-electron chi connectivity index (χ0n) is 54.8. The first kappa shape index (κ1) is 79.5. The second-order valence-corrected chi connectivity index (χ2v) is 27.0. The van der Waals surface area contributed by atoms with Gasteiger partial charge >= 0.3 is 11.9 Å². The van der Waals surface area contributed by atoms with Gasteiger partial charge < -0.3 is 27.9 Å². The summed E-state index contributed by atoms with van der Waals surface area (Å²) in [4.78, 5) is 38.0. The first-order valence-corrected chi connectivity index (χ1v) is 37.0. The van der Waals surface area contributed by atoms with Crippen molar-refractivity contribution in [2.75, 3.05) is 47.5 Å². The molecule has 480 valence electrons. The van der Waals surface area contributed by atoms with Crippen LogP contribution in [0.5, 0.6) is 0 Å². The molecule has 0 bridgehead atoms. The summed E-state index contributed by atoms with van der Waals surface area (Å²) < 4.78 is 34.2. The van der Waals surface area contributed by atoms with Crippen molar-refractivity contribution in [3.05, 3.63) is 24.3 Å². The number of unbranched alkanes of at least 4 members (excludes halogenated alkanes) is 49. The van der Waals surface area contributed by atoms with Gasteiger partial charge in [0.25, 0.3) is 7.82 Å². The number of allylic oxidation sites excluding steroid dienone is 4. The Kier molecular flexibility index (Phi) is 61.8. The van der Waals surface area contributed by atoms with E-state index in [1.807, 2.05) is 21.1 Å². The first-order valence-electron chi connectivity index (χ1n) is 35.5. The van der Waals surface area contributed by atoms with E-state index in [2.05, 4.69) is 38.2 Å². The number of carbonyl (C=O) groups excluding carboxylic acids is 2. The minimum absolute atomic E-state index is 0.0300. The summed E-state index contributed by atoms with van der Waals surface area (Å²) in [6.07, 6.45) is 78.6. The molecular weight excluding hydrogens is 1030 g/mol. The average Bonchev–Trinajstić information content (AvgIpc) is 3.43. The van der Waals surface area contributed by atoms with Gasteiger partial charge in [0.1, 0.15) is 19.8 Å². The van der Waals surface area contributed by atoms with Crippen LogP contribution in [0.1, 0.15) is 367 Å². The molecule has 0 heterocycles. The number of ether oxygens (including phenoxy) is 2. The van der Waals surface area contributed by atoms with Crippen LogP contribution in [0.3, 0.4) is 0 Å². The van der Waals surface area contributed by atoms with Crippen LogP contribution in [-0.2, 0) is 32.7 Å². The lowest BCUT2D eigenvalue weighted by molar-refractivity contribution is -0.870. The molecule has 0 aromatic heterocycles. The Labute approximate surface area is 504 Å². The van der Waals surface area contributed by atoms with Gasteiger partial charge in [0.05, 0.1) is 27.7 Å². The van der Waals surface area contributed by atoms with Gasteiger partial charge in [-0.1, -0.05) is 334 Å². The number of nitrogens with zero attached hydrogens (tertiary/aromatic N) is 1. The molecule has 0 rings (SSSR count). The Morgan fingerprint density at radius 3 is 0.988 bits per heavy atom. The van der Waals surface area contributed by atoms with Gasteiger partial charge in [-0.25, -0.2) is 0 Å². The highest BCUT2D eigenvalue weighted by Crippen LogP contribution is 2.38. The summed E-state index contributed by atoms with van der Waals surface area (Å²) in [5.74, 6) is -0.824. The number of phosphoric acid groups is 1. The van der Waals surface area contributed by atoms with Gasteiger partial charge in [0, 0.05) is 12.8 Å². The van der Waals surface area contributed by atoms with Crippen LogP contribution in [0.4, 0.5) is 0 Å². The Bertz CT molecular complexity index is 1420. The molecule has 0 spiro atoms. The number of hydrogen-bond acceptors (Lipinski definition) is 8. The van der Waals surface area contributed by atoms with Crippen molar-refractivity contribution in [2.45, 2.75) is 373 Å². The fourth-order valence-corrected chi connectivity index (χ4v) is 11.5. The molecule has 0 saturated heterocycles. The third-order valence-corrected chi connectivity index (χ3v) is 17.2. The monoisotopic (exact) mass is 1160 g/mol. The number of esters is 2. The van der Waals surface area contributed by atoms with Crippen LogP contribution in [0.25, 0.3) is 0 Å². The number of hydrogen-bond donors (Lipinski definition) is 0. The Hall–Kier alpha value is -1.51. The second-order valence-electron chi connectivity index (χ2n) is 25.6. The summed E-state index contributed by atoms with van der Waals surface area (Å²) in [6, 6.07) is 0. The normalized spacial score (nSPS) is 13.2. The Morgan fingerprint density at radius 1 is 0.383 bits per heavy atom. The minimum atomic E-state index is -4.64. The molecular formula is C71H138NO8P. The fourth-order valence-electron chi connectivity index (χ4n) is 10.8. The summed E-state index contributed by atoms with van der Waals surface area (Å²) >= 11 is 0. The molecule has 10 heteroatoms. The van der Waals surface area contributed by atoms with Crippen LogP contribution in [0.2, 0.25) is 0 Å². The third-order valence-electron chi connectivity index (χ3n) is 16.2. The maximum absolute atomic E-state index is 12.8. The van der Waals surface area contributed by atoms with Crippen molar-refractivity contribution in [1.29, 1.82) is 0 Å². The molecule has 0 aliphatic carbocycles. The van der Waals surface area contributed by atoms with Crippen LogP contribution in [0.15, 0.2) is 24.3 Å². The molecule has 81 heavy (non-hydrogen) atoms. The van der Waals surface area contributed by atoms with E-state index in [9.17, 15) is 19.0 Å². The highest BCUT2D eigenvalue weighted by molar-refractivity contribution is 7.45. The van der Waals surface area contributed by atoms with Crippen molar-refractivity contribution in [1.82, 2.24) is 0 Å². The van der Waals surface area contributed by atoms with E-state index in [4.69, 9.17) is 18.5 Å². The van der Waals surface area contributed by atoms with E-state index in [1.165, 1.54) is 283 Å². The minimum Gasteiger partial charge on any atom is -0.756 e. The van der Waals surface area contributed by atoms with Gasteiger partial charge in [-0.05, 0) is 44.9 Å². The molecule has 0 saturated carbocycles. The highest BCUT2D eigenvalue weighted by atomic mass is 31.2. The summed E-state index contributed by atoms with van der Waals surface area (Å²) in [6.45, 7) is 4.28. The summed E-state index contributed by atoms with van der Waals surface area (Å²) in [5, 5.41) is 0. The van der Waals surface area contributed by atoms with Gasteiger partial charge in [-0.15, -0.1) is 0 Å². The first-order chi connectivity index (χ1) is 39.5. The molecule has 0 radical (unpaired) electrons. The zero-order valence-corrected chi connectivity index (χ0v) is 55.7. The fraction of sp³-hybridized carbons (Fsp3) is 0.915. The lowest BCUT2D eigenvalue weighted by Crippen LogP contribution is -2.37. The number of likely N-dealkylation sites (N-methyl/N-ethyl adjacent to an activating group) is 1. The van der Waals surface area contributed by atoms with Gasteiger partial charge in [0.15, 0.2) is 6.10 Å². The maximum Gasteiger partial charge on any atom is 0.306 e. The Balaban J connectivity index is 3.86. The summed E-state index contributed by atoms with van der Waals surface area (Å²) in [5.41, 5.74) is 0. The van der Waals surface area contributed by atoms with Crippen molar-refractivity contribution < 1.29 is 42.1 Å². The molecule has 0 aromatic carbocycles. The number of carbonyl (C=O) groups is 2. The second kappa shape index (κ2) is 63.0. The van der Waals surface area contributed by atoms with Crippen molar-refractivity contribution in [2.24, 2.45) is 0 Å². The van der Waals surface area contributed by atoms with E-state index in [0.717, 1.165) is 51.4 Å². The average molecular weight is 1160 g/mol. The zero-order chi connectivity index (χ0) is 59.1. The molecule has 0 N–H and O–H groups in total. The van der Waals surface area contributed by atoms with Gasteiger partial charge in [-0.2, -0.15) is 0 Å². The topological polar surface area (TPSA) is 111 Å². The smallest absolute Gasteiger partial charge is 0.306 e. The van der Waals surface area contributed by atoms with Crippen molar-refractivity contribution in [3.63, 3.8) is 0 Å². The quantitative estimate of drug-likeness (QED) is 0.0195. The molecule has 0 aromatic rings. The van der Waals surface area contributed by atoms with Gasteiger partial charge in [0.2, 0.25) is 0 Å². The maximum atomic E-state index is 12.8. The number of quaternary nitrogens is 1. The summed E-state index contributed by atoms with van der Waals surface area (Å²) in [7, 11) is 1.18. The lowest BCUT2D eigenvalue weighted by Gasteiger charge is -2.28. The largest absolute Gasteiger partial charge is 0.756 e. The molecule has 0 amide bonds. The van der Waals surface area contributed by atoms with Crippen LogP contribution >= 0.6 is 7.82 Å². The number of phosphoric ester groups is 1. The lowest BCUT2D eigenvalue weighted by atomic mass is 10.0. The van der Waals surface area contributed by atoms with E-state index in [1.54, 1.807) is 0 Å². The third kappa shape index (κ3) is 67.5. The van der Waals surface area contributed by atoms with Gasteiger partial charge in [-0.3, -0.25) is 14.2 Å². The van der Waals surface area contributed by atoms with E-state index < -0.39 is 26.5 Å². The Morgan fingerprint density at radius 2 is 0.667 bits per heavy atom. The number of rotatable bonds is 67. The van der Waals surface area contributed by atoms with Crippen molar-refractivity contribution in [3.8, 4) is 0 Å². The van der Waals surface area contributed by atoms with Crippen LogP contribution < -0.4 is 4.89 Å². The molecule has 2 unspecified atom stereocenters. The predicted octanol–water partition coefficient (Wildman–Crippen LogP) is 22.3.